The van der Waals surface area contributed by atoms with Gasteiger partial charge in [-0.2, -0.15) is 0 Å². The van der Waals surface area contributed by atoms with Gasteiger partial charge in [0.05, 0.1) is 23.8 Å². The molecule has 3 aromatic rings. The summed E-state index contributed by atoms with van der Waals surface area (Å²) < 4.78 is 11.1. The standard InChI is InChI=1S/C30H28O13/c31-10-13-7-14-22(19(36)9-13)27(39)25-17(34)5-4-16(33)24(25)23(14)30-29(41)28(40)26(38)20(43-30)11-42-21(37)6-2-12-1-3-15(32)18(35)8-12/h1-9,20,23,26,28-36,38,40-41H,10-11H2/b6-2+/t20-,23?,26-,28+,29-,30+/m1/s1. The van der Waals surface area contributed by atoms with Gasteiger partial charge in [0.2, 0.25) is 5.78 Å². The van der Waals surface area contributed by atoms with Crippen LogP contribution in [0.25, 0.3) is 6.08 Å². The lowest BCUT2D eigenvalue weighted by molar-refractivity contribution is -0.234. The van der Waals surface area contributed by atoms with E-state index < -0.39 is 84.4 Å². The minimum Gasteiger partial charge on any atom is -0.508 e. The van der Waals surface area contributed by atoms with Gasteiger partial charge in [-0.05, 0) is 53.1 Å². The van der Waals surface area contributed by atoms with E-state index in [1.807, 2.05) is 0 Å². The highest BCUT2D eigenvalue weighted by molar-refractivity contribution is 6.16. The molecule has 1 aliphatic carbocycles. The van der Waals surface area contributed by atoms with E-state index in [2.05, 4.69) is 0 Å². The van der Waals surface area contributed by atoms with Crippen LogP contribution in [0.3, 0.4) is 0 Å². The number of esters is 1. The first kappa shape index (κ1) is 29.8. The molecule has 0 amide bonds. The Morgan fingerprint density at radius 3 is 2.21 bits per heavy atom. The Hall–Kier alpha value is -4.66. The number of phenolic OH excluding ortho intramolecular Hbond substituents is 5. The van der Waals surface area contributed by atoms with Gasteiger partial charge in [0.25, 0.3) is 0 Å². The molecule has 0 bridgehead atoms. The van der Waals surface area contributed by atoms with Crippen molar-refractivity contribution < 1.29 is 65.0 Å². The summed E-state index contributed by atoms with van der Waals surface area (Å²) in [5, 5.41) is 93.3. The van der Waals surface area contributed by atoms with Crippen LogP contribution in [0.4, 0.5) is 0 Å². The number of aromatic hydroxyl groups is 5. The number of aliphatic hydroxyl groups is 4. The molecule has 1 saturated heterocycles. The third-order valence-corrected chi connectivity index (χ3v) is 7.57. The molecule has 2 aliphatic rings. The van der Waals surface area contributed by atoms with Gasteiger partial charge in [0.15, 0.2) is 11.5 Å². The highest BCUT2D eigenvalue weighted by Gasteiger charge is 2.51. The maximum absolute atomic E-state index is 13.4. The van der Waals surface area contributed by atoms with Crippen LogP contribution < -0.4 is 0 Å². The highest BCUT2D eigenvalue weighted by atomic mass is 16.6. The van der Waals surface area contributed by atoms with Crippen molar-refractivity contribution in [3.63, 3.8) is 0 Å². The van der Waals surface area contributed by atoms with Gasteiger partial charge in [-0.15, -0.1) is 0 Å². The largest absolute Gasteiger partial charge is 0.508 e. The lowest BCUT2D eigenvalue weighted by Crippen LogP contribution is -2.60. The number of fused-ring (bicyclic) bond motifs is 2. The van der Waals surface area contributed by atoms with Gasteiger partial charge in [0, 0.05) is 17.6 Å². The average molecular weight is 597 g/mol. The highest BCUT2D eigenvalue weighted by Crippen LogP contribution is 2.50. The molecular weight excluding hydrogens is 568 g/mol. The Bertz CT molecular complexity index is 1610. The van der Waals surface area contributed by atoms with Crippen LogP contribution in [0.15, 0.2) is 48.5 Å². The molecule has 13 nitrogen and oxygen atoms in total. The Balaban J connectivity index is 1.47. The number of aliphatic hydroxyl groups excluding tert-OH is 4. The molecule has 1 aliphatic heterocycles. The third kappa shape index (κ3) is 5.35. The minimum absolute atomic E-state index is 0.00548. The molecule has 0 aromatic heterocycles. The molecule has 1 heterocycles. The second kappa shape index (κ2) is 11.6. The Kier molecular flexibility index (Phi) is 8.01. The van der Waals surface area contributed by atoms with Crippen molar-refractivity contribution in [2.75, 3.05) is 6.61 Å². The van der Waals surface area contributed by atoms with Gasteiger partial charge in [-0.3, -0.25) is 4.79 Å². The SMILES string of the molecule is O=C(/C=C/c1ccc(O)c(O)c1)OC[C@H]1O[C@@H](C2c3cc(CO)cc(O)c3C(=O)c3c(O)ccc(O)c32)[C@H](O)[C@@H](O)[C@@H]1O. The number of ketones is 1. The maximum Gasteiger partial charge on any atom is 0.330 e. The zero-order valence-electron chi connectivity index (χ0n) is 22.2. The van der Waals surface area contributed by atoms with Gasteiger partial charge in [-0.1, -0.05) is 12.1 Å². The monoisotopic (exact) mass is 596 g/mol. The van der Waals surface area contributed by atoms with Crippen LogP contribution in [0.2, 0.25) is 0 Å². The van der Waals surface area contributed by atoms with Crippen LogP contribution in [-0.2, 0) is 20.9 Å². The predicted molar refractivity (Wildman–Crippen MR) is 146 cm³/mol. The van der Waals surface area contributed by atoms with Crippen molar-refractivity contribution in [1.29, 1.82) is 0 Å². The number of carbonyl (C=O) groups excluding carboxylic acids is 2. The Morgan fingerprint density at radius 1 is 0.814 bits per heavy atom. The molecule has 0 radical (unpaired) electrons. The molecule has 43 heavy (non-hydrogen) atoms. The first-order chi connectivity index (χ1) is 20.4. The van der Waals surface area contributed by atoms with Crippen molar-refractivity contribution >= 4 is 17.8 Å². The molecule has 1 fully saturated rings. The fourth-order valence-corrected chi connectivity index (χ4v) is 5.48. The molecule has 5 rings (SSSR count). The molecule has 226 valence electrons. The van der Waals surface area contributed by atoms with Crippen LogP contribution in [0.5, 0.6) is 28.7 Å². The predicted octanol–water partition coefficient (Wildman–Crippen LogP) is 0.490. The van der Waals surface area contributed by atoms with Crippen molar-refractivity contribution in [3.05, 3.63) is 81.9 Å². The van der Waals surface area contributed by atoms with Crippen LogP contribution in [-0.4, -0.2) is 94.8 Å². The number of phenols is 5. The van der Waals surface area contributed by atoms with Gasteiger partial charge < -0.3 is 55.4 Å². The van der Waals surface area contributed by atoms with E-state index in [9.17, 15) is 55.5 Å². The molecule has 6 atom stereocenters. The van der Waals surface area contributed by atoms with Crippen molar-refractivity contribution in [1.82, 2.24) is 0 Å². The fraction of sp³-hybridized carbons (Fsp3) is 0.267. The lowest BCUT2D eigenvalue weighted by Gasteiger charge is -2.45. The molecule has 13 heteroatoms. The molecule has 0 spiro atoms. The number of ether oxygens (including phenoxy) is 2. The number of hydrogen-bond donors (Lipinski definition) is 9. The smallest absolute Gasteiger partial charge is 0.330 e. The number of rotatable bonds is 6. The fourth-order valence-electron chi connectivity index (χ4n) is 5.48. The first-order valence-corrected chi connectivity index (χ1v) is 13.1. The van der Waals surface area contributed by atoms with Gasteiger partial charge >= 0.3 is 5.97 Å². The van der Waals surface area contributed by atoms with Crippen molar-refractivity contribution in [2.24, 2.45) is 0 Å². The van der Waals surface area contributed by atoms with Crippen LogP contribution >= 0.6 is 0 Å². The average Bonchev–Trinajstić information content (AvgIpc) is 2.98. The number of carbonyl (C=O) groups is 2. The van der Waals surface area contributed by atoms with Gasteiger partial charge in [0.1, 0.15) is 48.3 Å². The van der Waals surface area contributed by atoms with Gasteiger partial charge in [-0.25, -0.2) is 4.79 Å². The number of hydrogen-bond acceptors (Lipinski definition) is 13. The second-order valence-corrected chi connectivity index (χ2v) is 10.3. The van der Waals surface area contributed by atoms with E-state index in [4.69, 9.17) is 9.47 Å². The van der Waals surface area contributed by atoms with E-state index in [0.717, 1.165) is 24.3 Å². The summed E-state index contributed by atoms with van der Waals surface area (Å²) >= 11 is 0. The number of benzene rings is 3. The maximum atomic E-state index is 13.4. The first-order valence-electron chi connectivity index (χ1n) is 13.1. The summed E-state index contributed by atoms with van der Waals surface area (Å²) in [5.41, 5.74) is -0.323. The zero-order valence-corrected chi connectivity index (χ0v) is 22.2. The van der Waals surface area contributed by atoms with E-state index in [1.165, 1.54) is 30.3 Å². The lowest BCUT2D eigenvalue weighted by atomic mass is 9.71. The van der Waals surface area contributed by atoms with Crippen molar-refractivity contribution in [2.45, 2.75) is 43.0 Å². The van der Waals surface area contributed by atoms with Crippen LogP contribution in [0.1, 0.15) is 44.1 Å². The summed E-state index contributed by atoms with van der Waals surface area (Å²) in [7, 11) is 0. The van der Waals surface area contributed by atoms with E-state index in [0.29, 0.717) is 5.56 Å². The summed E-state index contributed by atoms with van der Waals surface area (Å²) in [6, 6.07) is 8.51. The molecule has 0 saturated carbocycles. The normalized spacial score (nSPS) is 24.9. The molecule has 1 unspecified atom stereocenters. The Labute approximate surface area is 243 Å². The topological polar surface area (TPSA) is 235 Å². The van der Waals surface area contributed by atoms with Crippen molar-refractivity contribution in [3.8, 4) is 28.7 Å². The third-order valence-electron chi connectivity index (χ3n) is 7.57. The van der Waals surface area contributed by atoms with E-state index in [1.54, 1.807) is 0 Å². The summed E-state index contributed by atoms with van der Waals surface area (Å²) in [6.07, 6.45) is -6.14. The second-order valence-electron chi connectivity index (χ2n) is 10.3. The summed E-state index contributed by atoms with van der Waals surface area (Å²) in [4.78, 5) is 25.8. The van der Waals surface area contributed by atoms with E-state index in [-0.39, 0.29) is 33.6 Å². The Morgan fingerprint density at radius 2 is 1.51 bits per heavy atom. The molecular formula is C30H28O13. The minimum atomic E-state index is -1.86. The zero-order chi connectivity index (χ0) is 31.2. The summed E-state index contributed by atoms with van der Waals surface area (Å²) in [6.45, 7) is -1.17. The quantitative estimate of drug-likeness (QED) is 0.0817. The summed E-state index contributed by atoms with van der Waals surface area (Å²) in [5.74, 6) is -5.39. The van der Waals surface area contributed by atoms with Crippen LogP contribution in [0, 0.1) is 0 Å². The molecule has 9 N–H and O–H groups in total. The van der Waals surface area contributed by atoms with E-state index >= 15 is 0 Å². The molecule has 3 aromatic carbocycles.